The fourth-order valence-corrected chi connectivity index (χ4v) is 5.59. The maximum Gasteiger partial charge on any atom is 0.244 e. The molecule has 33 heavy (non-hydrogen) atoms. The number of fused-ring (bicyclic) bond motifs is 2. The van der Waals surface area contributed by atoms with Crippen LogP contribution in [-0.2, 0) is 0 Å². The van der Waals surface area contributed by atoms with Crippen molar-refractivity contribution < 1.29 is 4.74 Å². The standard InChI is InChI=1S/C27H22BN3OS/c1-30-15-16-31(19-30)21-8-6-7-20(17-21)28-23-9-2-3-10-25(23)33-26-13-12-22(18-24(26)28)32-27-11-4-5-14-29-27/h2-18H,19H2,1H3. The predicted octanol–water partition coefficient (Wildman–Crippen LogP) is 4.04. The summed E-state index contributed by atoms with van der Waals surface area (Å²) in [5.74, 6) is 1.41. The third kappa shape index (κ3) is 3.87. The summed E-state index contributed by atoms with van der Waals surface area (Å²) in [7, 11) is 2.09. The fourth-order valence-electron chi connectivity index (χ4n) is 4.47. The van der Waals surface area contributed by atoms with Crippen LogP contribution in [0.4, 0.5) is 5.69 Å². The van der Waals surface area contributed by atoms with Crippen molar-refractivity contribution in [2.24, 2.45) is 0 Å². The summed E-state index contributed by atoms with van der Waals surface area (Å²) < 4.78 is 6.09. The minimum absolute atomic E-state index is 0.133. The number of hydrogen-bond acceptors (Lipinski definition) is 5. The molecule has 6 rings (SSSR count). The van der Waals surface area contributed by atoms with Crippen LogP contribution in [0.5, 0.6) is 11.6 Å². The van der Waals surface area contributed by atoms with Crippen molar-refractivity contribution in [3.05, 3.63) is 104 Å². The minimum atomic E-state index is 0.133. The predicted molar refractivity (Wildman–Crippen MR) is 137 cm³/mol. The highest BCUT2D eigenvalue weighted by Crippen LogP contribution is 2.32. The van der Waals surface area contributed by atoms with Crippen molar-refractivity contribution in [2.45, 2.75) is 9.79 Å². The third-order valence-electron chi connectivity index (χ3n) is 6.01. The van der Waals surface area contributed by atoms with Crippen LogP contribution >= 0.6 is 11.8 Å². The van der Waals surface area contributed by atoms with E-state index in [2.05, 4.69) is 94.9 Å². The van der Waals surface area contributed by atoms with Crippen LogP contribution in [0.3, 0.4) is 0 Å². The molecule has 6 heteroatoms. The van der Waals surface area contributed by atoms with Gasteiger partial charge in [0.15, 0.2) is 0 Å². The van der Waals surface area contributed by atoms with Crippen LogP contribution in [0.25, 0.3) is 0 Å². The van der Waals surface area contributed by atoms with Crippen LogP contribution in [0, 0.1) is 0 Å². The molecule has 2 aliphatic rings. The molecule has 0 saturated heterocycles. The zero-order valence-corrected chi connectivity index (χ0v) is 19.1. The Balaban J connectivity index is 1.44. The lowest BCUT2D eigenvalue weighted by molar-refractivity contribution is 0.463. The molecular weight excluding hydrogens is 425 g/mol. The van der Waals surface area contributed by atoms with E-state index in [1.807, 2.05) is 36.0 Å². The Morgan fingerprint density at radius 1 is 0.848 bits per heavy atom. The van der Waals surface area contributed by atoms with E-state index in [9.17, 15) is 0 Å². The molecule has 2 aliphatic heterocycles. The molecule has 0 N–H and O–H groups in total. The highest BCUT2D eigenvalue weighted by molar-refractivity contribution is 8.00. The molecule has 160 valence electrons. The number of benzene rings is 3. The maximum absolute atomic E-state index is 6.09. The van der Waals surface area contributed by atoms with Gasteiger partial charge in [-0.05, 0) is 42.5 Å². The second-order valence-electron chi connectivity index (χ2n) is 8.30. The third-order valence-corrected chi connectivity index (χ3v) is 7.20. The molecule has 0 unspecified atom stereocenters. The van der Waals surface area contributed by atoms with Crippen LogP contribution < -0.4 is 26.0 Å². The number of pyridine rings is 1. The molecule has 0 radical (unpaired) electrons. The quantitative estimate of drug-likeness (QED) is 0.388. The molecule has 0 bridgehead atoms. The zero-order valence-electron chi connectivity index (χ0n) is 18.3. The van der Waals surface area contributed by atoms with E-state index in [4.69, 9.17) is 4.74 Å². The molecule has 1 aromatic heterocycles. The lowest BCUT2D eigenvalue weighted by Crippen LogP contribution is -2.55. The van der Waals surface area contributed by atoms with Crippen molar-refractivity contribution in [1.29, 1.82) is 0 Å². The SMILES string of the molecule is CN1C=CN(c2cccc(B3c4ccccc4Sc4ccc(Oc5ccccn5)cc43)c2)C1. The first-order valence-electron chi connectivity index (χ1n) is 11.0. The van der Waals surface area contributed by atoms with E-state index >= 15 is 0 Å². The van der Waals surface area contributed by atoms with Gasteiger partial charge in [-0.15, -0.1) is 0 Å². The summed E-state index contributed by atoms with van der Waals surface area (Å²) in [5, 5.41) is 0. The van der Waals surface area contributed by atoms with E-state index in [1.165, 1.54) is 31.9 Å². The van der Waals surface area contributed by atoms with Gasteiger partial charge in [0.05, 0.1) is 6.67 Å². The van der Waals surface area contributed by atoms with Crippen molar-refractivity contribution in [2.75, 3.05) is 18.6 Å². The minimum Gasteiger partial charge on any atom is -0.439 e. The second kappa shape index (κ2) is 8.37. The molecule has 0 aliphatic carbocycles. The topological polar surface area (TPSA) is 28.6 Å². The monoisotopic (exact) mass is 447 g/mol. The average Bonchev–Trinajstić information content (AvgIpc) is 3.30. The molecule has 0 atom stereocenters. The Morgan fingerprint density at radius 2 is 1.73 bits per heavy atom. The van der Waals surface area contributed by atoms with Gasteiger partial charge >= 0.3 is 0 Å². The second-order valence-corrected chi connectivity index (χ2v) is 9.39. The smallest absolute Gasteiger partial charge is 0.244 e. The van der Waals surface area contributed by atoms with Gasteiger partial charge in [0.1, 0.15) is 5.75 Å². The van der Waals surface area contributed by atoms with Crippen molar-refractivity contribution in [1.82, 2.24) is 9.88 Å². The largest absolute Gasteiger partial charge is 0.439 e. The average molecular weight is 447 g/mol. The normalized spacial score (nSPS) is 14.3. The highest BCUT2D eigenvalue weighted by atomic mass is 32.2. The summed E-state index contributed by atoms with van der Waals surface area (Å²) >= 11 is 1.83. The Bertz CT molecular complexity index is 1340. The van der Waals surface area contributed by atoms with Crippen molar-refractivity contribution >= 4 is 40.6 Å². The Hall–Kier alpha value is -3.64. The van der Waals surface area contributed by atoms with Crippen LogP contribution in [-0.4, -0.2) is 30.3 Å². The molecule has 4 nitrogen and oxygen atoms in total. The van der Waals surface area contributed by atoms with Crippen molar-refractivity contribution in [3.8, 4) is 11.6 Å². The zero-order chi connectivity index (χ0) is 22.2. The molecule has 3 heterocycles. The lowest BCUT2D eigenvalue weighted by atomic mass is 9.36. The summed E-state index contributed by atoms with van der Waals surface area (Å²) in [4.78, 5) is 11.3. The van der Waals surface area contributed by atoms with E-state index in [1.54, 1.807) is 6.20 Å². The molecule has 0 fully saturated rings. The van der Waals surface area contributed by atoms with Gasteiger partial charge in [-0.2, -0.15) is 0 Å². The van der Waals surface area contributed by atoms with Crippen LogP contribution in [0.15, 0.2) is 113 Å². The highest BCUT2D eigenvalue weighted by Gasteiger charge is 2.32. The number of anilines is 1. The van der Waals surface area contributed by atoms with Gasteiger partial charge in [-0.25, -0.2) is 4.98 Å². The van der Waals surface area contributed by atoms with E-state index < -0.39 is 0 Å². The Morgan fingerprint density at radius 3 is 2.58 bits per heavy atom. The first-order valence-corrected chi connectivity index (χ1v) is 11.8. The Labute approximate surface area is 198 Å². The van der Waals surface area contributed by atoms with Gasteiger partial charge in [0, 0.05) is 47.2 Å². The number of hydrogen-bond donors (Lipinski definition) is 0. The summed E-state index contributed by atoms with van der Waals surface area (Å²) in [6.07, 6.45) is 5.99. The molecular formula is C27H22BN3OS. The number of rotatable bonds is 4. The molecule has 0 saturated carbocycles. The maximum atomic E-state index is 6.09. The van der Waals surface area contributed by atoms with Gasteiger partial charge in [-0.1, -0.05) is 64.5 Å². The van der Waals surface area contributed by atoms with E-state index in [0.717, 1.165) is 12.4 Å². The fraction of sp³-hybridized carbons (Fsp3) is 0.0741. The van der Waals surface area contributed by atoms with E-state index in [0.29, 0.717) is 5.88 Å². The summed E-state index contributed by atoms with van der Waals surface area (Å²) in [6, 6.07) is 29.7. The number of ether oxygens (including phenoxy) is 1. The summed E-state index contributed by atoms with van der Waals surface area (Å²) in [6.45, 7) is 0.994. The van der Waals surface area contributed by atoms with Gasteiger partial charge in [0.25, 0.3) is 0 Å². The van der Waals surface area contributed by atoms with Gasteiger partial charge in [0.2, 0.25) is 12.6 Å². The number of aromatic nitrogens is 1. The van der Waals surface area contributed by atoms with Gasteiger partial charge < -0.3 is 14.5 Å². The van der Waals surface area contributed by atoms with E-state index in [-0.39, 0.29) is 6.71 Å². The molecule has 3 aromatic carbocycles. The molecule has 4 aromatic rings. The Kier molecular flexibility index (Phi) is 5.08. The van der Waals surface area contributed by atoms with Crippen molar-refractivity contribution in [3.63, 3.8) is 0 Å². The van der Waals surface area contributed by atoms with Crippen LogP contribution in [0.2, 0.25) is 0 Å². The molecule has 0 amide bonds. The van der Waals surface area contributed by atoms with Gasteiger partial charge in [-0.3, -0.25) is 0 Å². The number of nitrogens with zero attached hydrogens (tertiary/aromatic N) is 3. The first-order chi connectivity index (χ1) is 16.2. The van der Waals surface area contributed by atoms with Crippen LogP contribution in [0.1, 0.15) is 0 Å². The summed E-state index contributed by atoms with van der Waals surface area (Å²) in [5.41, 5.74) is 5.07. The molecule has 0 spiro atoms. The first kappa shape index (κ1) is 20.0. The lowest BCUT2D eigenvalue weighted by Gasteiger charge is -2.27.